The Bertz CT molecular complexity index is 443. The first-order chi connectivity index (χ1) is 7.12. The SMILES string of the molecule is OC1(c2cc3c(c(Br)c2F)OCO3)CC1. The van der Waals surface area contributed by atoms with Crippen molar-refractivity contribution in [2.24, 2.45) is 0 Å². The predicted octanol–water partition coefficient (Wildman–Crippen LogP) is 2.30. The Morgan fingerprint density at radius 2 is 2.13 bits per heavy atom. The van der Waals surface area contributed by atoms with Gasteiger partial charge in [-0.25, -0.2) is 4.39 Å². The third kappa shape index (κ3) is 1.26. The average Bonchev–Trinajstić information content (AvgIpc) is 2.80. The molecule has 0 spiro atoms. The van der Waals surface area contributed by atoms with Gasteiger partial charge in [0.1, 0.15) is 5.82 Å². The van der Waals surface area contributed by atoms with Gasteiger partial charge in [-0.05, 0) is 34.8 Å². The van der Waals surface area contributed by atoms with Crippen LogP contribution >= 0.6 is 15.9 Å². The van der Waals surface area contributed by atoms with E-state index < -0.39 is 11.4 Å². The van der Waals surface area contributed by atoms with Crippen molar-refractivity contribution in [3.63, 3.8) is 0 Å². The van der Waals surface area contributed by atoms with Crippen LogP contribution in [0.1, 0.15) is 18.4 Å². The van der Waals surface area contributed by atoms with Gasteiger partial charge in [-0.3, -0.25) is 0 Å². The Morgan fingerprint density at radius 3 is 2.80 bits per heavy atom. The molecule has 0 bridgehead atoms. The number of halogens is 2. The molecule has 0 atom stereocenters. The zero-order valence-electron chi connectivity index (χ0n) is 7.72. The Labute approximate surface area is 93.9 Å². The lowest BCUT2D eigenvalue weighted by Crippen LogP contribution is -2.07. The summed E-state index contributed by atoms with van der Waals surface area (Å²) in [5.74, 6) is 0.401. The van der Waals surface area contributed by atoms with E-state index in [-0.39, 0.29) is 11.3 Å². The van der Waals surface area contributed by atoms with Gasteiger partial charge in [-0.2, -0.15) is 0 Å². The molecule has 0 amide bonds. The average molecular weight is 275 g/mol. The number of benzene rings is 1. The normalized spacial score (nSPS) is 20.5. The van der Waals surface area contributed by atoms with Gasteiger partial charge in [0, 0.05) is 5.56 Å². The molecule has 15 heavy (non-hydrogen) atoms. The number of ether oxygens (including phenoxy) is 2. The molecule has 1 aliphatic heterocycles. The van der Waals surface area contributed by atoms with E-state index in [1.54, 1.807) is 0 Å². The van der Waals surface area contributed by atoms with Crippen LogP contribution in [0.5, 0.6) is 11.5 Å². The highest BCUT2D eigenvalue weighted by Crippen LogP contribution is 2.51. The van der Waals surface area contributed by atoms with Crippen molar-refractivity contribution >= 4 is 15.9 Å². The van der Waals surface area contributed by atoms with Crippen LogP contribution in [0.15, 0.2) is 10.5 Å². The molecule has 0 saturated heterocycles. The number of hydrogen-bond acceptors (Lipinski definition) is 3. The van der Waals surface area contributed by atoms with Crippen LogP contribution in [-0.4, -0.2) is 11.9 Å². The Balaban J connectivity index is 2.20. The van der Waals surface area contributed by atoms with Gasteiger partial charge in [0.25, 0.3) is 0 Å². The highest BCUT2D eigenvalue weighted by Gasteiger charge is 2.45. The van der Waals surface area contributed by atoms with Gasteiger partial charge in [0.15, 0.2) is 11.5 Å². The second kappa shape index (κ2) is 2.86. The van der Waals surface area contributed by atoms with Crippen LogP contribution in [0.2, 0.25) is 0 Å². The van der Waals surface area contributed by atoms with Crippen molar-refractivity contribution in [3.05, 3.63) is 21.9 Å². The van der Waals surface area contributed by atoms with E-state index in [0.29, 0.717) is 29.9 Å². The van der Waals surface area contributed by atoms with Crippen molar-refractivity contribution in [3.8, 4) is 11.5 Å². The molecule has 2 aliphatic rings. The van der Waals surface area contributed by atoms with E-state index in [2.05, 4.69) is 15.9 Å². The quantitative estimate of drug-likeness (QED) is 0.854. The minimum absolute atomic E-state index is 0.0925. The van der Waals surface area contributed by atoms with E-state index in [4.69, 9.17) is 9.47 Å². The molecular formula is C10H8BrFO3. The van der Waals surface area contributed by atoms with E-state index in [0.717, 1.165) is 0 Å². The van der Waals surface area contributed by atoms with Crippen molar-refractivity contribution < 1.29 is 19.0 Å². The molecule has 1 saturated carbocycles. The van der Waals surface area contributed by atoms with E-state index >= 15 is 0 Å². The summed E-state index contributed by atoms with van der Waals surface area (Å²) in [6.07, 6.45) is 1.19. The largest absolute Gasteiger partial charge is 0.454 e. The van der Waals surface area contributed by atoms with Crippen LogP contribution in [-0.2, 0) is 5.60 Å². The van der Waals surface area contributed by atoms with Gasteiger partial charge in [0.05, 0.1) is 10.1 Å². The van der Waals surface area contributed by atoms with E-state index in [9.17, 15) is 9.50 Å². The Hall–Kier alpha value is -0.810. The lowest BCUT2D eigenvalue weighted by molar-refractivity contribution is 0.146. The van der Waals surface area contributed by atoms with Crippen molar-refractivity contribution in [2.75, 3.05) is 6.79 Å². The van der Waals surface area contributed by atoms with Crippen molar-refractivity contribution in [2.45, 2.75) is 18.4 Å². The molecule has 5 heteroatoms. The molecule has 0 aromatic heterocycles. The molecule has 0 radical (unpaired) electrons. The van der Waals surface area contributed by atoms with Gasteiger partial charge in [-0.1, -0.05) is 0 Å². The molecular weight excluding hydrogens is 267 g/mol. The third-order valence-electron chi connectivity index (χ3n) is 2.77. The van der Waals surface area contributed by atoms with Crippen LogP contribution in [0.25, 0.3) is 0 Å². The zero-order valence-corrected chi connectivity index (χ0v) is 9.30. The fraction of sp³-hybridized carbons (Fsp3) is 0.400. The second-order valence-electron chi connectivity index (χ2n) is 3.82. The number of fused-ring (bicyclic) bond motifs is 1. The first-order valence-corrected chi connectivity index (χ1v) is 5.41. The van der Waals surface area contributed by atoms with Gasteiger partial charge >= 0.3 is 0 Å². The summed E-state index contributed by atoms with van der Waals surface area (Å²) in [7, 11) is 0. The lowest BCUT2D eigenvalue weighted by Gasteiger charge is -2.12. The molecule has 1 aromatic carbocycles. The number of hydrogen-bond donors (Lipinski definition) is 1. The van der Waals surface area contributed by atoms with Gasteiger partial charge in [-0.15, -0.1) is 0 Å². The minimum atomic E-state index is -1.01. The molecule has 1 fully saturated rings. The second-order valence-corrected chi connectivity index (χ2v) is 4.61. The summed E-state index contributed by atoms with van der Waals surface area (Å²) in [6.45, 7) is 0.0925. The van der Waals surface area contributed by atoms with Crippen LogP contribution in [0.3, 0.4) is 0 Å². The fourth-order valence-corrected chi connectivity index (χ4v) is 2.23. The first-order valence-electron chi connectivity index (χ1n) is 4.62. The standard InChI is InChI=1S/C10H8BrFO3/c11-7-8(12)5(10(13)1-2-10)3-6-9(7)15-4-14-6/h3,13H,1-2,4H2. The molecule has 1 aromatic rings. The van der Waals surface area contributed by atoms with Crippen molar-refractivity contribution in [1.29, 1.82) is 0 Å². The Morgan fingerprint density at radius 1 is 1.40 bits per heavy atom. The summed E-state index contributed by atoms with van der Waals surface area (Å²) in [5.41, 5.74) is -0.716. The summed E-state index contributed by atoms with van der Waals surface area (Å²) >= 11 is 3.11. The summed E-state index contributed by atoms with van der Waals surface area (Å²) in [5, 5.41) is 9.88. The summed E-state index contributed by atoms with van der Waals surface area (Å²) in [6, 6.07) is 1.52. The van der Waals surface area contributed by atoms with Gasteiger partial charge in [0.2, 0.25) is 6.79 Å². The summed E-state index contributed by atoms with van der Waals surface area (Å²) in [4.78, 5) is 0. The highest BCUT2D eigenvalue weighted by molar-refractivity contribution is 9.10. The zero-order chi connectivity index (χ0) is 10.6. The number of rotatable bonds is 1. The maximum Gasteiger partial charge on any atom is 0.231 e. The molecule has 80 valence electrons. The maximum absolute atomic E-state index is 13.9. The topological polar surface area (TPSA) is 38.7 Å². The molecule has 1 heterocycles. The van der Waals surface area contributed by atoms with Crippen LogP contribution in [0, 0.1) is 5.82 Å². The molecule has 0 unspecified atom stereocenters. The smallest absolute Gasteiger partial charge is 0.231 e. The van der Waals surface area contributed by atoms with E-state index in [1.807, 2.05) is 0 Å². The Kier molecular flexibility index (Phi) is 1.79. The lowest BCUT2D eigenvalue weighted by atomic mass is 10.1. The minimum Gasteiger partial charge on any atom is -0.454 e. The van der Waals surface area contributed by atoms with Gasteiger partial charge < -0.3 is 14.6 Å². The fourth-order valence-electron chi connectivity index (χ4n) is 1.71. The third-order valence-corrected chi connectivity index (χ3v) is 3.48. The highest BCUT2D eigenvalue weighted by atomic mass is 79.9. The van der Waals surface area contributed by atoms with Crippen LogP contribution in [0.4, 0.5) is 4.39 Å². The molecule has 3 nitrogen and oxygen atoms in total. The van der Waals surface area contributed by atoms with Crippen molar-refractivity contribution in [1.82, 2.24) is 0 Å². The number of aliphatic hydroxyl groups is 1. The van der Waals surface area contributed by atoms with Crippen LogP contribution < -0.4 is 9.47 Å². The van der Waals surface area contributed by atoms with E-state index in [1.165, 1.54) is 6.07 Å². The monoisotopic (exact) mass is 274 g/mol. The molecule has 3 rings (SSSR count). The molecule has 1 aliphatic carbocycles. The predicted molar refractivity (Wildman–Crippen MR) is 53.4 cm³/mol. The molecule has 1 N–H and O–H groups in total. The summed E-state index contributed by atoms with van der Waals surface area (Å²) < 4.78 is 24.4. The maximum atomic E-state index is 13.9. The first kappa shape index (κ1) is 9.42.